The lowest BCUT2D eigenvalue weighted by atomic mass is 10.3. The number of hydrogen-bond donors (Lipinski definition) is 1. The molecule has 0 bridgehead atoms. The van der Waals surface area contributed by atoms with Crippen LogP contribution in [0.3, 0.4) is 0 Å². The zero-order valence-corrected chi connectivity index (χ0v) is 7.58. The van der Waals surface area contributed by atoms with E-state index in [9.17, 15) is 0 Å². The number of likely N-dealkylation sites (N-methyl/N-ethyl adjacent to an activating group) is 1. The first-order valence-corrected chi connectivity index (χ1v) is 4.44. The van der Waals surface area contributed by atoms with Gasteiger partial charge < -0.3 is 4.90 Å². The van der Waals surface area contributed by atoms with Crippen molar-refractivity contribution < 1.29 is 0 Å². The van der Waals surface area contributed by atoms with Gasteiger partial charge in [0.1, 0.15) is 0 Å². The van der Waals surface area contributed by atoms with Crippen molar-refractivity contribution in [2.24, 2.45) is 0 Å². The lowest BCUT2D eigenvalue weighted by molar-refractivity contribution is 0.0980. The Bertz CT molecular complexity index is 155. The second-order valence-corrected chi connectivity index (χ2v) is 2.91. The van der Waals surface area contributed by atoms with E-state index in [4.69, 9.17) is 5.26 Å². The topological polar surface area (TPSA) is 42.3 Å². The summed E-state index contributed by atoms with van der Waals surface area (Å²) < 4.78 is 0. The first-order valence-electron chi connectivity index (χ1n) is 4.44. The molecule has 0 amide bonds. The van der Waals surface area contributed by atoms with Crippen molar-refractivity contribution in [1.29, 1.82) is 5.26 Å². The van der Waals surface area contributed by atoms with Gasteiger partial charge in [0.15, 0.2) is 0 Å². The highest BCUT2D eigenvalue weighted by atomic mass is 15.5. The molecule has 0 aliphatic carbocycles. The molecule has 1 heterocycles. The van der Waals surface area contributed by atoms with Gasteiger partial charge in [0, 0.05) is 26.2 Å². The van der Waals surface area contributed by atoms with E-state index in [1.165, 1.54) is 0 Å². The van der Waals surface area contributed by atoms with Crippen LogP contribution in [0, 0.1) is 11.3 Å². The van der Waals surface area contributed by atoms with Crippen LogP contribution in [-0.2, 0) is 0 Å². The summed E-state index contributed by atoms with van der Waals surface area (Å²) in [5.41, 5.74) is 3.06. The van der Waals surface area contributed by atoms with Gasteiger partial charge in [-0.1, -0.05) is 6.92 Å². The average molecular weight is 168 g/mol. The van der Waals surface area contributed by atoms with Crippen LogP contribution in [-0.4, -0.2) is 49.2 Å². The van der Waals surface area contributed by atoms with E-state index in [1.54, 1.807) is 0 Å². The molecule has 1 aliphatic heterocycles. The van der Waals surface area contributed by atoms with Gasteiger partial charge in [0.25, 0.3) is 0 Å². The van der Waals surface area contributed by atoms with Crippen molar-refractivity contribution >= 4 is 0 Å². The number of nitriles is 1. The van der Waals surface area contributed by atoms with Crippen LogP contribution in [0.2, 0.25) is 0 Å². The van der Waals surface area contributed by atoms with Crippen LogP contribution in [0.1, 0.15) is 6.92 Å². The highest BCUT2D eigenvalue weighted by molar-refractivity contribution is 4.74. The first kappa shape index (κ1) is 9.46. The molecular weight excluding hydrogens is 152 g/mol. The molecule has 4 heteroatoms. The Labute approximate surface area is 73.7 Å². The summed E-state index contributed by atoms with van der Waals surface area (Å²) in [7, 11) is 0. The van der Waals surface area contributed by atoms with E-state index in [2.05, 4.69) is 28.3 Å². The Kier molecular flexibility index (Phi) is 4.01. The van der Waals surface area contributed by atoms with E-state index in [0.717, 1.165) is 32.7 Å². The summed E-state index contributed by atoms with van der Waals surface area (Å²) >= 11 is 0. The number of piperazine rings is 1. The molecule has 0 unspecified atom stereocenters. The van der Waals surface area contributed by atoms with Crippen molar-refractivity contribution in [3.8, 4) is 6.07 Å². The van der Waals surface area contributed by atoms with E-state index < -0.39 is 0 Å². The van der Waals surface area contributed by atoms with Crippen LogP contribution in [0.15, 0.2) is 0 Å². The third-order valence-electron chi connectivity index (χ3n) is 2.20. The fraction of sp³-hybridized carbons (Fsp3) is 0.875. The largest absolute Gasteiger partial charge is 0.301 e. The van der Waals surface area contributed by atoms with Gasteiger partial charge in [-0.05, 0) is 6.54 Å². The van der Waals surface area contributed by atoms with Crippen LogP contribution in [0.4, 0.5) is 0 Å². The van der Waals surface area contributed by atoms with Crippen LogP contribution in [0.5, 0.6) is 0 Å². The smallest absolute Gasteiger partial charge is 0.0974 e. The molecule has 0 atom stereocenters. The Morgan fingerprint density at radius 3 is 2.50 bits per heavy atom. The molecule has 68 valence electrons. The predicted octanol–water partition coefficient (Wildman–Crippen LogP) is -0.348. The van der Waals surface area contributed by atoms with Crippen molar-refractivity contribution in [2.45, 2.75) is 6.92 Å². The maximum Gasteiger partial charge on any atom is 0.0974 e. The molecule has 0 spiro atoms. The minimum atomic E-state index is 0.423. The summed E-state index contributed by atoms with van der Waals surface area (Å²) in [6, 6.07) is 2.07. The van der Waals surface area contributed by atoms with Crippen LogP contribution >= 0.6 is 0 Å². The molecular formula is C8H16N4. The van der Waals surface area contributed by atoms with E-state index in [-0.39, 0.29) is 0 Å². The van der Waals surface area contributed by atoms with E-state index in [1.807, 2.05) is 0 Å². The lowest BCUT2D eigenvalue weighted by Crippen LogP contribution is -2.51. The minimum absolute atomic E-state index is 0.423. The average Bonchev–Trinajstić information content (AvgIpc) is 2.15. The monoisotopic (exact) mass is 168 g/mol. The number of hydrogen-bond acceptors (Lipinski definition) is 4. The third kappa shape index (κ3) is 2.78. The Morgan fingerprint density at radius 1 is 1.33 bits per heavy atom. The van der Waals surface area contributed by atoms with E-state index in [0.29, 0.717) is 6.54 Å². The number of rotatable bonds is 3. The molecule has 1 aliphatic rings. The second-order valence-electron chi connectivity index (χ2n) is 2.91. The molecule has 4 nitrogen and oxygen atoms in total. The standard InChI is InChI=1S/C8H16N4/c1-2-11-5-7-12(8-6-11)10-4-3-9/h10H,2,4-8H2,1H3. The van der Waals surface area contributed by atoms with Crippen molar-refractivity contribution in [1.82, 2.24) is 15.3 Å². The van der Waals surface area contributed by atoms with Gasteiger partial charge in [0.2, 0.25) is 0 Å². The highest BCUT2D eigenvalue weighted by Crippen LogP contribution is 1.97. The first-order chi connectivity index (χ1) is 5.86. The molecule has 0 aromatic rings. The third-order valence-corrected chi connectivity index (χ3v) is 2.20. The molecule has 0 aromatic heterocycles. The predicted molar refractivity (Wildman–Crippen MR) is 47.3 cm³/mol. The van der Waals surface area contributed by atoms with Gasteiger partial charge in [0.05, 0.1) is 12.6 Å². The highest BCUT2D eigenvalue weighted by Gasteiger charge is 2.13. The number of nitrogens with one attached hydrogen (secondary N) is 1. The molecule has 12 heavy (non-hydrogen) atoms. The van der Waals surface area contributed by atoms with E-state index >= 15 is 0 Å². The minimum Gasteiger partial charge on any atom is -0.301 e. The summed E-state index contributed by atoms with van der Waals surface area (Å²) in [4.78, 5) is 2.41. The molecule has 0 radical (unpaired) electrons. The van der Waals surface area contributed by atoms with Crippen LogP contribution < -0.4 is 5.43 Å². The Morgan fingerprint density at radius 2 is 2.00 bits per heavy atom. The van der Waals surface area contributed by atoms with Gasteiger partial charge in [-0.3, -0.25) is 0 Å². The fourth-order valence-corrected chi connectivity index (χ4v) is 1.37. The molecule has 1 N–H and O–H groups in total. The van der Waals surface area contributed by atoms with Gasteiger partial charge in [-0.15, -0.1) is 0 Å². The number of nitrogens with zero attached hydrogens (tertiary/aromatic N) is 3. The van der Waals surface area contributed by atoms with Gasteiger partial charge >= 0.3 is 0 Å². The zero-order valence-electron chi connectivity index (χ0n) is 7.58. The normalized spacial score (nSPS) is 20.7. The Balaban J connectivity index is 2.14. The summed E-state index contributed by atoms with van der Waals surface area (Å²) in [6.45, 7) is 7.99. The zero-order chi connectivity index (χ0) is 8.81. The molecule has 1 fully saturated rings. The molecule has 0 saturated carbocycles. The van der Waals surface area contributed by atoms with Crippen molar-refractivity contribution in [3.63, 3.8) is 0 Å². The van der Waals surface area contributed by atoms with Crippen molar-refractivity contribution in [3.05, 3.63) is 0 Å². The fourth-order valence-electron chi connectivity index (χ4n) is 1.37. The lowest BCUT2D eigenvalue weighted by Gasteiger charge is -2.33. The van der Waals surface area contributed by atoms with Gasteiger partial charge in [-0.2, -0.15) is 5.26 Å². The summed E-state index contributed by atoms with van der Waals surface area (Å²) in [6.07, 6.45) is 0. The summed E-state index contributed by atoms with van der Waals surface area (Å²) in [5, 5.41) is 10.5. The molecule has 0 aromatic carbocycles. The Hall–Kier alpha value is -0.630. The van der Waals surface area contributed by atoms with Crippen molar-refractivity contribution in [2.75, 3.05) is 39.3 Å². The second kappa shape index (κ2) is 5.09. The maximum absolute atomic E-state index is 8.35. The number of hydrazine groups is 1. The maximum atomic E-state index is 8.35. The summed E-state index contributed by atoms with van der Waals surface area (Å²) in [5.74, 6) is 0. The SMILES string of the molecule is CCN1CCN(NCC#N)CC1. The quantitative estimate of drug-likeness (QED) is 0.585. The molecule has 1 saturated heterocycles. The van der Waals surface area contributed by atoms with Crippen LogP contribution in [0.25, 0.3) is 0 Å². The molecule has 1 rings (SSSR count). The van der Waals surface area contributed by atoms with Gasteiger partial charge in [-0.25, -0.2) is 10.4 Å².